The summed E-state index contributed by atoms with van der Waals surface area (Å²) in [6.45, 7) is 10.7. The minimum atomic E-state index is -0.944. The third-order valence-electron chi connectivity index (χ3n) is 3.60. The number of carbonyl (C=O) groups is 1. The zero-order valence-electron chi connectivity index (χ0n) is 14.0. The predicted molar refractivity (Wildman–Crippen MR) is 84.4 cm³/mol. The lowest BCUT2D eigenvalue weighted by Gasteiger charge is -2.33. The number of nitrogens with one attached hydrogen (secondary N) is 1. The van der Waals surface area contributed by atoms with Gasteiger partial charge in [0.25, 0.3) is 0 Å². The van der Waals surface area contributed by atoms with Crippen LogP contribution in [0.5, 0.6) is 0 Å². The zero-order chi connectivity index (χ0) is 16.5. The van der Waals surface area contributed by atoms with E-state index in [-0.39, 0.29) is 11.7 Å². The van der Waals surface area contributed by atoms with Gasteiger partial charge in [0.05, 0.1) is 5.60 Å². The molecule has 0 aliphatic carbocycles. The third kappa shape index (κ3) is 5.53. The van der Waals surface area contributed by atoms with Gasteiger partial charge < -0.3 is 21.0 Å². The highest BCUT2D eigenvalue weighted by Crippen LogP contribution is 2.31. The molecule has 0 spiro atoms. The molecule has 0 saturated heterocycles. The second-order valence-corrected chi connectivity index (χ2v) is 5.94. The van der Waals surface area contributed by atoms with Crippen molar-refractivity contribution < 1.29 is 14.7 Å². The summed E-state index contributed by atoms with van der Waals surface area (Å²) >= 11 is 0. The van der Waals surface area contributed by atoms with Gasteiger partial charge in [-0.3, -0.25) is 4.79 Å². The predicted octanol–water partition coefficient (Wildman–Crippen LogP) is 2.25. The van der Waals surface area contributed by atoms with E-state index in [1.807, 2.05) is 34.6 Å². The quantitative estimate of drug-likeness (QED) is 0.249. The molecule has 1 amide bonds. The summed E-state index contributed by atoms with van der Waals surface area (Å²) in [4.78, 5) is 12.7. The molecule has 0 heterocycles. The molecule has 0 saturated carbocycles. The molecule has 0 rings (SSSR count). The standard InChI is InChI=1S/C15H31N3O3/c1-6-9-15(10-7-2,12(16)18-20)13(19)17-11-14(4,5)21-8-3/h20H,6-11H2,1-5H3,(H2,16,18)(H,17,19). The fourth-order valence-electron chi connectivity index (χ4n) is 2.58. The third-order valence-corrected chi connectivity index (χ3v) is 3.60. The summed E-state index contributed by atoms with van der Waals surface area (Å²) in [6, 6.07) is 0. The summed E-state index contributed by atoms with van der Waals surface area (Å²) in [5, 5.41) is 15.0. The van der Waals surface area contributed by atoms with Crippen molar-refractivity contribution in [2.24, 2.45) is 16.3 Å². The molecule has 6 heteroatoms. The SMILES string of the molecule is CCCC(CCC)(C(=O)NCC(C)(C)OCC)C(N)=NO. The van der Waals surface area contributed by atoms with Gasteiger partial charge >= 0.3 is 0 Å². The van der Waals surface area contributed by atoms with E-state index < -0.39 is 11.0 Å². The van der Waals surface area contributed by atoms with Gasteiger partial charge in [0.1, 0.15) is 5.41 Å². The smallest absolute Gasteiger partial charge is 0.234 e. The van der Waals surface area contributed by atoms with E-state index in [9.17, 15) is 4.79 Å². The Kier molecular flexibility index (Phi) is 8.32. The van der Waals surface area contributed by atoms with Crippen LogP contribution >= 0.6 is 0 Å². The molecular weight excluding hydrogens is 270 g/mol. The Balaban J connectivity index is 5.11. The highest BCUT2D eigenvalue weighted by molar-refractivity contribution is 6.06. The fourth-order valence-corrected chi connectivity index (χ4v) is 2.58. The average molecular weight is 301 g/mol. The van der Waals surface area contributed by atoms with Crippen LogP contribution in [0.4, 0.5) is 0 Å². The van der Waals surface area contributed by atoms with Crippen LogP contribution in [-0.2, 0) is 9.53 Å². The number of carbonyl (C=O) groups excluding carboxylic acids is 1. The molecule has 4 N–H and O–H groups in total. The van der Waals surface area contributed by atoms with Crippen LogP contribution in [0.3, 0.4) is 0 Å². The van der Waals surface area contributed by atoms with Crippen LogP contribution in [0.15, 0.2) is 5.16 Å². The monoisotopic (exact) mass is 301 g/mol. The minimum absolute atomic E-state index is 0.0158. The minimum Gasteiger partial charge on any atom is -0.409 e. The first-order valence-electron chi connectivity index (χ1n) is 7.69. The van der Waals surface area contributed by atoms with Gasteiger partial charge in [-0.15, -0.1) is 0 Å². The number of hydrogen-bond donors (Lipinski definition) is 3. The van der Waals surface area contributed by atoms with Crippen molar-refractivity contribution in [2.75, 3.05) is 13.2 Å². The average Bonchev–Trinajstić information content (AvgIpc) is 2.43. The first kappa shape index (κ1) is 19.7. The van der Waals surface area contributed by atoms with E-state index in [1.54, 1.807) is 0 Å². The van der Waals surface area contributed by atoms with E-state index in [2.05, 4.69) is 10.5 Å². The fraction of sp³-hybridized carbons (Fsp3) is 0.867. The van der Waals surface area contributed by atoms with Crippen LogP contribution in [0.1, 0.15) is 60.3 Å². The van der Waals surface area contributed by atoms with Crippen molar-refractivity contribution in [2.45, 2.75) is 65.9 Å². The molecule has 0 bridgehead atoms. The first-order chi connectivity index (χ1) is 9.79. The van der Waals surface area contributed by atoms with Crippen molar-refractivity contribution in [3.63, 3.8) is 0 Å². The van der Waals surface area contributed by atoms with E-state index in [4.69, 9.17) is 15.7 Å². The van der Waals surface area contributed by atoms with Crippen molar-refractivity contribution >= 4 is 11.7 Å². The largest absolute Gasteiger partial charge is 0.409 e. The number of amidine groups is 1. The molecule has 0 fully saturated rings. The van der Waals surface area contributed by atoms with Gasteiger partial charge in [-0.25, -0.2) is 0 Å². The Bertz CT molecular complexity index is 348. The second kappa shape index (κ2) is 8.87. The topological polar surface area (TPSA) is 96.9 Å². The normalized spacial score (nSPS) is 13.3. The molecule has 0 aromatic rings. The van der Waals surface area contributed by atoms with Crippen molar-refractivity contribution in [1.29, 1.82) is 0 Å². The van der Waals surface area contributed by atoms with Crippen molar-refractivity contribution in [3.8, 4) is 0 Å². The summed E-state index contributed by atoms with van der Waals surface area (Å²) in [5.41, 5.74) is 4.44. The summed E-state index contributed by atoms with van der Waals surface area (Å²) in [6.07, 6.45) is 2.66. The second-order valence-electron chi connectivity index (χ2n) is 5.94. The molecule has 0 aliphatic rings. The number of nitrogens with two attached hydrogens (primary N) is 1. The van der Waals surface area contributed by atoms with Crippen LogP contribution in [-0.4, -0.2) is 35.7 Å². The summed E-state index contributed by atoms with van der Waals surface area (Å²) < 4.78 is 5.57. The molecule has 0 aliphatic heterocycles. The van der Waals surface area contributed by atoms with Crippen LogP contribution in [0.25, 0.3) is 0 Å². The first-order valence-corrected chi connectivity index (χ1v) is 7.69. The lowest BCUT2D eigenvalue weighted by atomic mass is 9.77. The van der Waals surface area contributed by atoms with Crippen molar-refractivity contribution in [3.05, 3.63) is 0 Å². The van der Waals surface area contributed by atoms with Gasteiger partial charge in [-0.2, -0.15) is 0 Å². The molecule has 0 radical (unpaired) electrons. The Hall–Kier alpha value is -1.30. The lowest BCUT2D eigenvalue weighted by molar-refractivity contribution is -0.130. The molecule has 6 nitrogen and oxygen atoms in total. The van der Waals surface area contributed by atoms with Gasteiger partial charge in [0, 0.05) is 13.2 Å². The number of ether oxygens (including phenoxy) is 1. The Morgan fingerprint density at radius 2 is 1.76 bits per heavy atom. The summed E-state index contributed by atoms with van der Waals surface area (Å²) in [7, 11) is 0. The Morgan fingerprint density at radius 1 is 1.24 bits per heavy atom. The molecule has 0 unspecified atom stereocenters. The Morgan fingerprint density at radius 3 is 2.14 bits per heavy atom. The molecule has 0 aromatic carbocycles. The van der Waals surface area contributed by atoms with Crippen LogP contribution in [0, 0.1) is 5.41 Å². The zero-order valence-corrected chi connectivity index (χ0v) is 14.0. The molecular formula is C15H31N3O3. The van der Waals surface area contributed by atoms with Crippen LogP contribution in [0.2, 0.25) is 0 Å². The number of oxime groups is 1. The summed E-state index contributed by atoms with van der Waals surface area (Å²) in [5.74, 6) is -0.216. The van der Waals surface area contributed by atoms with E-state index in [1.165, 1.54) is 0 Å². The van der Waals surface area contributed by atoms with Gasteiger partial charge in [0.15, 0.2) is 5.84 Å². The number of amides is 1. The lowest BCUT2D eigenvalue weighted by Crippen LogP contribution is -2.52. The number of rotatable bonds is 10. The molecule has 0 aromatic heterocycles. The van der Waals surface area contributed by atoms with Crippen molar-refractivity contribution in [1.82, 2.24) is 5.32 Å². The Labute approximate surface area is 128 Å². The maximum atomic E-state index is 12.7. The maximum absolute atomic E-state index is 12.7. The van der Waals surface area contributed by atoms with Gasteiger partial charge in [-0.1, -0.05) is 31.8 Å². The molecule has 124 valence electrons. The maximum Gasteiger partial charge on any atom is 0.234 e. The molecule has 0 atom stereocenters. The van der Waals surface area contributed by atoms with E-state index in [0.717, 1.165) is 12.8 Å². The number of hydrogen-bond acceptors (Lipinski definition) is 4. The van der Waals surface area contributed by atoms with E-state index in [0.29, 0.717) is 26.0 Å². The highest BCUT2D eigenvalue weighted by Gasteiger charge is 2.41. The highest BCUT2D eigenvalue weighted by atomic mass is 16.5. The van der Waals surface area contributed by atoms with Gasteiger partial charge in [0.2, 0.25) is 5.91 Å². The van der Waals surface area contributed by atoms with Crippen LogP contribution < -0.4 is 11.1 Å². The van der Waals surface area contributed by atoms with Gasteiger partial charge in [-0.05, 0) is 33.6 Å². The molecule has 21 heavy (non-hydrogen) atoms. The van der Waals surface area contributed by atoms with E-state index >= 15 is 0 Å². The number of nitrogens with zero attached hydrogens (tertiary/aromatic N) is 1.